The molecular weight excluding hydrogens is 323 g/mol. The summed E-state index contributed by atoms with van der Waals surface area (Å²) in [4.78, 5) is 3.93. The fraction of sp³-hybridized carbons (Fsp3) is 0.0769. The lowest BCUT2D eigenvalue weighted by Crippen LogP contribution is -2.15. The Morgan fingerprint density at radius 2 is 1.95 bits per heavy atom. The Morgan fingerprint density at radius 3 is 2.57 bits per heavy atom. The normalized spacial score (nSPS) is 11.2. The number of nitrogens with two attached hydrogens (primary N) is 1. The highest BCUT2D eigenvalue weighted by Crippen LogP contribution is 2.37. The van der Waals surface area contributed by atoms with Crippen molar-refractivity contribution in [1.82, 2.24) is 4.98 Å². The largest absolute Gasteiger partial charge is 0.418 e. The molecule has 1 heterocycles. The second kappa shape index (κ2) is 5.87. The van der Waals surface area contributed by atoms with Gasteiger partial charge in [-0.1, -0.05) is 23.8 Å². The zero-order valence-electron chi connectivity index (χ0n) is 10.4. The minimum absolute atomic E-state index is 0.00590. The lowest BCUT2D eigenvalue weighted by molar-refractivity contribution is -0.136. The molecule has 3 N–H and O–H groups in total. The molecule has 0 atom stereocenters. The highest BCUT2D eigenvalue weighted by molar-refractivity contribution is 7.80. The number of anilines is 2. The van der Waals surface area contributed by atoms with Crippen LogP contribution in [0.3, 0.4) is 0 Å². The maximum atomic E-state index is 13.0. The second-order valence-corrected chi connectivity index (χ2v) is 4.95. The van der Waals surface area contributed by atoms with Gasteiger partial charge in [0, 0.05) is 11.2 Å². The number of nitrogens with zero attached hydrogens (tertiary/aromatic N) is 1. The summed E-state index contributed by atoms with van der Waals surface area (Å²) >= 11 is 10.5. The maximum Gasteiger partial charge on any atom is 0.418 e. The summed E-state index contributed by atoms with van der Waals surface area (Å²) in [6.07, 6.45) is -3.09. The molecule has 0 aliphatic heterocycles. The minimum Gasteiger partial charge on any atom is -0.388 e. The first-order valence-corrected chi connectivity index (χ1v) is 6.46. The molecule has 0 saturated heterocycles. The number of aromatic nitrogens is 1. The van der Waals surface area contributed by atoms with Crippen molar-refractivity contribution in [2.24, 2.45) is 5.73 Å². The van der Waals surface area contributed by atoms with Crippen LogP contribution >= 0.6 is 23.8 Å². The molecule has 8 heteroatoms. The van der Waals surface area contributed by atoms with Crippen molar-refractivity contribution in [3.63, 3.8) is 0 Å². The number of pyridine rings is 1. The van der Waals surface area contributed by atoms with Gasteiger partial charge in [-0.05, 0) is 30.3 Å². The number of thiocarbonyl (C=S) groups is 1. The average Bonchev–Trinajstić information content (AvgIpc) is 2.40. The van der Waals surface area contributed by atoms with Crippen molar-refractivity contribution in [2.75, 3.05) is 5.32 Å². The number of halogens is 4. The maximum absolute atomic E-state index is 13.0. The third kappa shape index (κ3) is 3.62. The van der Waals surface area contributed by atoms with E-state index >= 15 is 0 Å². The van der Waals surface area contributed by atoms with Crippen molar-refractivity contribution in [2.45, 2.75) is 6.18 Å². The van der Waals surface area contributed by atoms with Gasteiger partial charge in [-0.25, -0.2) is 0 Å². The fourth-order valence-electron chi connectivity index (χ4n) is 1.71. The first-order chi connectivity index (χ1) is 9.79. The van der Waals surface area contributed by atoms with Crippen LogP contribution < -0.4 is 11.1 Å². The summed E-state index contributed by atoms with van der Waals surface area (Å²) in [6.45, 7) is 0. The van der Waals surface area contributed by atoms with Crippen LogP contribution in [0.4, 0.5) is 24.5 Å². The zero-order chi connectivity index (χ0) is 15.6. The monoisotopic (exact) mass is 331 g/mol. The Kier molecular flexibility index (Phi) is 4.34. The van der Waals surface area contributed by atoms with Crippen LogP contribution in [0.15, 0.2) is 36.5 Å². The van der Waals surface area contributed by atoms with E-state index < -0.39 is 11.7 Å². The molecular formula is C13H9ClF3N3S. The molecule has 0 saturated carbocycles. The first kappa shape index (κ1) is 15.5. The van der Waals surface area contributed by atoms with E-state index in [0.717, 1.165) is 6.07 Å². The highest BCUT2D eigenvalue weighted by atomic mass is 35.5. The fourth-order valence-corrected chi connectivity index (χ4v) is 2.04. The van der Waals surface area contributed by atoms with Crippen LogP contribution in [0.25, 0.3) is 0 Å². The summed E-state index contributed by atoms with van der Waals surface area (Å²) in [5.74, 6) is 0. The molecule has 0 radical (unpaired) electrons. The molecule has 21 heavy (non-hydrogen) atoms. The zero-order valence-corrected chi connectivity index (χ0v) is 12.0. The molecule has 0 aliphatic carbocycles. The van der Waals surface area contributed by atoms with E-state index in [-0.39, 0.29) is 27.1 Å². The molecule has 0 bridgehead atoms. The van der Waals surface area contributed by atoms with Gasteiger partial charge < -0.3 is 11.1 Å². The number of alkyl halides is 3. The van der Waals surface area contributed by atoms with Crippen molar-refractivity contribution >= 4 is 40.2 Å². The van der Waals surface area contributed by atoms with E-state index in [1.54, 1.807) is 6.07 Å². The van der Waals surface area contributed by atoms with E-state index in [2.05, 4.69) is 10.3 Å². The minimum atomic E-state index is -4.54. The Balaban J connectivity index is 2.48. The molecule has 0 aliphatic rings. The van der Waals surface area contributed by atoms with Crippen molar-refractivity contribution < 1.29 is 13.2 Å². The van der Waals surface area contributed by atoms with E-state index in [1.165, 1.54) is 24.4 Å². The Bertz CT molecular complexity index is 689. The van der Waals surface area contributed by atoms with Crippen LogP contribution in [-0.2, 0) is 6.18 Å². The van der Waals surface area contributed by atoms with E-state index in [1.807, 2.05) is 0 Å². The Hall–Kier alpha value is -1.86. The van der Waals surface area contributed by atoms with Crippen LogP contribution in [0, 0.1) is 0 Å². The van der Waals surface area contributed by atoms with Gasteiger partial charge in [0.2, 0.25) is 0 Å². The lowest BCUT2D eigenvalue weighted by atomic mass is 10.1. The quantitative estimate of drug-likeness (QED) is 0.830. The molecule has 1 aromatic heterocycles. The van der Waals surface area contributed by atoms with Crippen LogP contribution in [0.2, 0.25) is 5.02 Å². The SMILES string of the molecule is NC(=S)c1ncccc1Nc1ccc(Cl)cc1C(F)(F)F. The number of rotatable bonds is 3. The smallest absolute Gasteiger partial charge is 0.388 e. The van der Waals surface area contributed by atoms with Crippen molar-refractivity contribution in [3.8, 4) is 0 Å². The molecule has 110 valence electrons. The standard InChI is InChI=1S/C13H9ClF3N3S/c14-7-3-4-9(8(6-7)13(15,16)17)20-10-2-1-5-19-11(10)12(18)21/h1-6,20H,(H2,18,21). The van der Waals surface area contributed by atoms with Crippen molar-refractivity contribution in [1.29, 1.82) is 0 Å². The molecule has 3 nitrogen and oxygen atoms in total. The van der Waals surface area contributed by atoms with Gasteiger partial charge in [-0.2, -0.15) is 13.2 Å². The van der Waals surface area contributed by atoms with E-state index in [0.29, 0.717) is 0 Å². The molecule has 2 aromatic rings. The summed E-state index contributed by atoms with van der Waals surface area (Å²) in [5, 5.41) is 2.64. The third-order valence-corrected chi connectivity index (χ3v) is 3.03. The van der Waals surface area contributed by atoms with Crippen LogP contribution in [-0.4, -0.2) is 9.97 Å². The second-order valence-electron chi connectivity index (χ2n) is 4.08. The summed E-state index contributed by atoms with van der Waals surface area (Å²) in [7, 11) is 0. The van der Waals surface area contributed by atoms with Crippen molar-refractivity contribution in [3.05, 3.63) is 52.8 Å². The van der Waals surface area contributed by atoms with Crippen LogP contribution in [0.5, 0.6) is 0 Å². The average molecular weight is 332 g/mol. The molecule has 0 fully saturated rings. The predicted molar refractivity (Wildman–Crippen MR) is 79.9 cm³/mol. The topological polar surface area (TPSA) is 50.9 Å². The Morgan fingerprint density at radius 1 is 1.24 bits per heavy atom. The van der Waals surface area contributed by atoms with Gasteiger partial charge in [0.15, 0.2) is 0 Å². The number of hydrogen-bond donors (Lipinski definition) is 2. The van der Waals surface area contributed by atoms with Gasteiger partial charge >= 0.3 is 6.18 Å². The first-order valence-electron chi connectivity index (χ1n) is 5.67. The molecule has 0 spiro atoms. The third-order valence-electron chi connectivity index (χ3n) is 2.60. The van der Waals surface area contributed by atoms with Gasteiger partial charge in [-0.3, -0.25) is 4.98 Å². The van der Waals surface area contributed by atoms with E-state index in [9.17, 15) is 13.2 Å². The molecule has 0 unspecified atom stereocenters. The van der Waals surface area contributed by atoms with Gasteiger partial charge in [0.1, 0.15) is 10.7 Å². The summed E-state index contributed by atoms with van der Waals surface area (Å²) in [6, 6.07) is 6.54. The number of benzene rings is 1. The van der Waals surface area contributed by atoms with Gasteiger partial charge in [0.25, 0.3) is 0 Å². The summed E-state index contributed by atoms with van der Waals surface area (Å²) in [5.41, 5.74) is 4.97. The summed E-state index contributed by atoms with van der Waals surface area (Å²) < 4.78 is 39.1. The predicted octanol–water partition coefficient (Wildman–Crippen LogP) is 4.13. The molecule has 0 amide bonds. The molecule has 2 rings (SSSR count). The lowest BCUT2D eigenvalue weighted by Gasteiger charge is -2.16. The Labute approximate surface area is 128 Å². The number of nitrogens with one attached hydrogen (secondary N) is 1. The van der Waals surface area contributed by atoms with Crippen LogP contribution in [0.1, 0.15) is 11.3 Å². The van der Waals surface area contributed by atoms with Gasteiger partial charge in [0.05, 0.1) is 16.9 Å². The highest BCUT2D eigenvalue weighted by Gasteiger charge is 2.34. The van der Waals surface area contributed by atoms with Gasteiger partial charge in [-0.15, -0.1) is 0 Å². The molecule has 1 aromatic carbocycles. The number of hydrogen-bond acceptors (Lipinski definition) is 3. The van der Waals surface area contributed by atoms with E-state index in [4.69, 9.17) is 29.6 Å².